The fourth-order valence-electron chi connectivity index (χ4n) is 3.03. The van der Waals surface area contributed by atoms with Gasteiger partial charge >= 0.3 is 5.97 Å². The second-order valence-electron chi connectivity index (χ2n) is 6.08. The number of halogens is 1. The fourth-order valence-corrected chi connectivity index (χ4v) is 3.82. The van der Waals surface area contributed by atoms with E-state index in [-0.39, 0.29) is 17.9 Å². The van der Waals surface area contributed by atoms with Crippen LogP contribution < -0.4 is 10.6 Å². The van der Waals surface area contributed by atoms with Gasteiger partial charge in [-0.3, -0.25) is 14.4 Å². The molecule has 1 fully saturated rings. The van der Waals surface area contributed by atoms with Crippen molar-refractivity contribution in [1.29, 1.82) is 0 Å². The third-order valence-corrected chi connectivity index (χ3v) is 5.57. The maximum Gasteiger partial charge on any atom is 0.308 e. The average molecular weight is 393 g/mol. The molecule has 3 rings (SSSR count). The Kier molecular flexibility index (Phi) is 5.58. The van der Waals surface area contributed by atoms with Crippen molar-refractivity contribution in [2.75, 3.05) is 5.32 Å². The van der Waals surface area contributed by atoms with Crippen LogP contribution in [0.25, 0.3) is 0 Å². The normalized spacial score (nSPS) is 19.1. The second-order valence-corrected chi connectivity index (χ2v) is 7.44. The quantitative estimate of drug-likeness (QED) is 0.723. The molecule has 0 bridgehead atoms. The number of amides is 2. The highest BCUT2D eigenvalue weighted by atomic mass is 35.5. The van der Waals surface area contributed by atoms with Crippen molar-refractivity contribution in [3.05, 3.63) is 51.2 Å². The number of nitrogens with one attached hydrogen (secondary N) is 2. The van der Waals surface area contributed by atoms with Crippen LogP contribution in [0, 0.1) is 5.92 Å². The molecule has 2 atom stereocenters. The van der Waals surface area contributed by atoms with Gasteiger partial charge in [0.05, 0.1) is 21.5 Å². The number of benzene rings is 1. The van der Waals surface area contributed by atoms with Crippen LogP contribution in [-0.4, -0.2) is 28.9 Å². The summed E-state index contributed by atoms with van der Waals surface area (Å²) < 4.78 is 0. The van der Waals surface area contributed by atoms with E-state index in [2.05, 4.69) is 10.6 Å². The molecule has 1 aliphatic rings. The minimum Gasteiger partial charge on any atom is -0.481 e. The summed E-state index contributed by atoms with van der Waals surface area (Å²) in [6.07, 6.45) is 1.96. The molecule has 2 amide bonds. The number of thiophene rings is 1. The number of anilines is 1. The molecule has 2 aromatic rings. The molecule has 8 heteroatoms. The first-order valence-corrected chi connectivity index (χ1v) is 9.39. The number of hydrogen-bond acceptors (Lipinski definition) is 4. The van der Waals surface area contributed by atoms with Crippen LogP contribution in [-0.2, 0) is 4.79 Å². The number of hydrogen-bond donors (Lipinski definition) is 3. The maximum atomic E-state index is 12.5. The zero-order valence-electron chi connectivity index (χ0n) is 13.7. The standard InChI is InChI=1S/C18H17ClN2O4S/c19-12-7-6-10(9-14(12)21-17(23)15-5-2-8-26-15)16(22)20-13-4-1-3-11(13)18(24)25/h2,5-9,11,13H,1,3-4H2,(H,20,22)(H,21,23)(H,24,25)/t11-,13+/m1/s1. The molecule has 0 spiro atoms. The van der Waals surface area contributed by atoms with Crippen LogP contribution in [0.5, 0.6) is 0 Å². The minimum absolute atomic E-state index is 0.304. The maximum absolute atomic E-state index is 12.5. The van der Waals surface area contributed by atoms with E-state index >= 15 is 0 Å². The monoisotopic (exact) mass is 392 g/mol. The van der Waals surface area contributed by atoms with Gasteiger partial charge in [-0.25, -0.2) is 0 Å². The summed E-state index contributed by atoms with van der Waals surface area (Å²) in [5, 5.41) is 16.8. The van der Waals surface area contributed by atoms with Gasteiger partial charge in [-0.05, 0) is 42.5 Å². The van der Waals surface area contributed by atoms with Gasteiger partial charge in [-0.2, -0.15) is 0 Å². The lowest BCUT2D eigenvalue weighted by atomic mass is 10.0. The van der Waals surface area contributed by atoms with E-state index in [0.717, 1.165) is 6.42 Å². The van der Waals surface area contributed by atoms with Gasteiger partial charge in [-0.1, -0.05) is 24.1 Å². The van der Waals surface area contributed by atoms with Gasteiger partial charge in [-0.15, -0.1) is 11.3 Å². The Morgan fingerprint density at radius 2 is 1.96 bits per heavy atom. The lowest BCUT2D eigenvalue weighted by molar-refractivity contribution is -0.142. The first-order valence-electron chi connectivity index (χ1n) is 8.14. The largest absolute Gasteiger partial charge is 0.481 e. The molecule has 1 aromatic heterocycles. The highest BCUT2D eigenvalue weighted by Crippen LogP contribution is 2.27. The molecule has 26 heavy (non-hydrogen) atoms. The zero-order valence-corrected chi connectivity index (χ0v) is 15.3. The molecule has 1 heterocycles. The van der Waals surface area contributed by atoms with Gasteiger partial charge in [0.15, 0.2) is 0 Å². The van der Waals surface area contributed by atoms with Crippen LogP contribution in [0.3, 0.4) is 0 Å². The van der Waals surface area contributed by atoms with Crippen molar-refractivity contribution in [1.82, 2.24) is 5.32 Å². The van der Waals surface area contributed by atoms with E-state index < -0.39 is 11.9 Å². The van der Waals surface area contributed by atoms with Crippen molar-refractivity contribution >= 4 is 46.4 Å². The number of carboxylic acid groups (broad SMARTS) is 1. The Morgan fingerprint density at radius 3 is 2.65 bits per heavy atom. The summed E-state index contributed by atoms with van der Waals surface area (Å²) in [6, 6.07) is 7.64. The zero-order chi connectivity index (χ0) is 18.7. The molecule has 1 saturated carbocycles. The topological polar surface area (TPSA) is 95.5 Å². The van der Waals surface area contributed by atoms with Gasteiger partial charge in [0, 0.05) is 11.6 Å². The van der Waals surface area contributed by atoms with E-state index in [0.29, 0.717) is 34.0 Å². The third-order valence-electron chi connectivity index (χ3n) is 4.37. The summed E-state index contributed by atoms with van der Waals surface area (Å²) in [5.74, 6) is -2.15. The molecule has 1 aliphatic carbocycles. The molecule has 0 aliphatic heterocycles. The summed E-state index contributed by atoms with van der Waals surface area (Å²) in [4.78, 5) is 36.4. The van der Waals surface area contributed by atoms with Crippen LogP contribution in [0.2, 0.25) is 5.02 Å². The summed E-state index contributed by atoms with van der Waals surface area (Å²) in [5.41, 5.74) is 0.644. The Labute approximate surface area is 159 Å². The van der Waals surface area contributed by atoms with Crippen LogP contribution in [0.4, 0.5) is 5.69 Å². The number of rotatable bonds is 5. The van der Waals surface area contributed by atoms with E-state index in [1.807, 2.05) is 0 Å². The Hall–Kier alpha value is -2.38. The van der Waals surface area contributed by atoms with Crippen molar-refractivity contribution in [2.45, 2.75) is 25.3 Å². The predicted octanol–water partition coefficient (Wildman–Crippen LogP) is 3.64. The molecular formula is C18H17ClN2O4S. The van der Waals surface area contributed by atoms with Crippen molar-refractivity contribution in [2.24, 2.45) is 5.92 Å². The van der Waals surface area contributed by atoms with E-state index in [1.165, 1.54) is 23.5 Å². The first kappa shape index (κ1) is 18.4. The predicted molar refractivity (Wildman–Crippen MR) is 100.0 cm³/mol. The highest BCUT2D eigenvalue weighted by Gasteiger charge is 2.34. The smallest absolute Gasteiger partial charge is 0.308 e. The molecular weight excluding hydrogens is 376 g/mol. The lowest BCUT2D eigenvalue weighted by Crippen LogP contribution is -2.40. The van der Waals surface area contributed by atoms with Crippen molar-refractivity contribution < 1.29 is 19.5 Å². The highest BCUT2D eigenvalue weighted by molar-refractivity contribution is 7.12. The van der Waals surface area contributed by atoms with Crippen LogP contribution >= 0.6 is 22.9 Å². The summed E-state index contributed by atoms with van der Waals surface area (Å²) >= 11 is 7.42. The molecule has 6 nitrogen and oxygen atoms in total. The van der Waals surface area contributed by atoms with Crippen molar-refractivity contribution in [3.63, 3.8) is 0 Å². The minimum atomic E-state index is -0.896. The molecule has 136 valence electrons. The number of carbonyl (C=O) groups is 3. The Balaban J connectivity index is 1.73. The lowest BCUT2D eigenvalue weighted by Gasteiger charge is -2.18. The number of carboxylic acids is 1. The van der Waals surface area contributed by atoms with Gasteiger partial charge in [0.25, 0.3) is 11.8 Å². The summed E-state index contributed by atoms with van der Waals surface area (Å²) in [7, 11) is 0. The van der Waals surface area contributed by atoms with Crippen molar-refractivity contribution in [3.8, 4) is 0 Å². The summed E-state index contributed by atoms with van der Waals surface area (Å²) in [6.45, 7) is 0. The van der Waals surface area contributed by atoms with E-state index in [1.54, 1.807) is 23.6 Å². The van der Waals surface area contributed by atoms with E-state index in [9.17, 15) is 19.5 Å². The Morgan fingerprint density at radius 1 is 1.15 bits per heavy atom. The van der Waals surface area contributed by atoms with Gasteiger partial charge in [0.1, 0.15) is 0 Å². The second kappa shape index (κ2) is 7.88. The number of aliphatic carboxylic acids is 1. The molecule has 0 saturated heterocycles. The van der Waals surface area contributed by atoms with E-state index in [4.69, 9.17) is 11.6 Å². The number of carbonyl (C=O) groups excluding carboxylic acids is 2. The van der Waals surface area contributed by atoms with Gasteiger partial charge < -0.3 is 15.7 Å². The first-order chi connectivity index (χ1) is 12.5. The molecule has 0 radical (unpaired) electrons. The molecule has 0 unspecified atom stereocenters. The van der Waals surface area contributed by atoms with Crippen LogP contribution in [0.15, 0.2) is 35.7 Å². The Bertz CT molecular complexity index is 838. The van der Waals surface area contributed by atoms with Gasteiger partial charge in [0.2, 0.25) is 0 Å². The molecule has 3 N–H and O–H groups in total. The average Bonchev–Trinajstić information content (AvgIpc) is 3.28. The molecule has 1 aromatic carbocycles. The van der Waals surface area contributed by atoms with Crippen LogP contribution in [0.1, 0.15) is 39.3 Å². The third kappa shape index (κ3) is 4.05. The SMILES string of the molecule is O=C(N[C@H]1CCC[C@H]1C(=O)O)c1ccc(Cl)c(NC(=O)c2cccs2)c1. The fraction of sp³-hybridized carbons (Fsp3) is 0.278.